The van der Waals surface area contributed by atoms with E-state index >= 15 is 0 Å². The molecule has 25 heavy (non-hydrogen) atoms. The van der Waals surface area contributed by atoms with Crippen LogP contribution in [0.4, 0.5) is 4.39 Å². The van der Waals surface area contributed by atoms with Crippen molar-refractivity contribution in [1.29, 1.82) is 0 Å². The molecule has 5 nitrogen and oxygen atoms in total. The number of nitrogens with zero attached hydrogens (tertiary/aromatic N) is 2. The Kier molecular flexibility index (Phi) is 4.33. The molecule has 2 fully saturated rings. The number of hydrogen-bond donors (Lipinski definition) is 1. The van der Waals surface area contributed by atoms with Gasteiger partial charge in [0, 0.05) is 24.1 Å². The largest absolute Gasteiger partial charge is 0.268 e. The highest BCUT2D eigenvalue weighted by Gasteiger charge is 2.32. The zero-order valence-corrected chi connectivity index (χ0v) is 15.2. The van der Waals surface area contributed by atoms with E-state index in [-0.39, 0.29) is 16.5 Å². The van der Waals surface area contributed by atoms with Crippen LogP contribution in [-0.4, -0.2) is 24.7 Å². The smallest absolute Gasteiger partial charge is 0.240 e. The standard InChI is InChI=1S/C17H19ClFN3O2S/c18-14-9-13(5-6-15(14)19)25(23,24)20-7-8-22-17(12-3-4-12)10-16(21-22)11-1-2-11/h5-6,9-12,20H,1-4,7-8H2. The van der Waals surface area contributed by atoms with E-state index in [0.29, 0.717) is 18.4 Å². The Balaban J connectivity index is 1.44. The second-order valence-electron chi connectivity index (χ2n) is 6.74. The van der Waals surface area contributed by atoms with Gasteiger partial charge in [-0.3, -0.25) is 4.68 Å². The van der Waals surface area contributed by atoms with Gasteiger partial charge in [0.2, 0.25) is 10.0 Å². The fraction of sp³-hybridized carbons (Fsp3) is 0.471. The first kappa shape index (κ1) is 17.0. The first-order chi connectivity index (χ1) is 11.9. The van der Waals surface area contributed by atoms with Gasteiger partial charge in [-0.25, -0.2) is 17.5 Å². The molecule has 2 saturated carbocycles. The van der Waals surface area contributed by atoms with Crippen molar-refractivity contribution in [3.8, 4) is 0 Å². The normalized spacial score (nSPS) is 17.8. The Morgan fingerprint density at radius 3 is 2.56 bits per heavy atom. The topological polar surface area (TPSA) is 64.0 Å². The number of nitrogens with one attached hydrogen (secondary N) is 1. The van der Waals surface area contributed by atoms with Crippen LogP contribution in [0.15, 0.2) is 29.2 Å². The molecule has 1 heterocycles. The average molecular weight is 384 g/mol. The molecule has 0 atom stereocenters. The van der Waals surface area contributed by atoms with Gasteiger partial charge in [0.05, 0.1) is 22.2 Å². The molecule has 1 aromatic heterocycles. The van der Waals surface area contributed by atoms with Crippen molar-refractivity contribution in [2.45, 2.75) is 49.0 Å². The van der Waals surface area contributed by atoms with E-state index in [4.69, 9.17) is 11.6 Å². The van der Waals surface area contributed by atoms with Gasteiger partial charge in [0.1, 0.15) is 5.82 Å². The first-order valence-electron chi connectivity index (χ1n) is 8.46. The van der Waals surface area contributed by atoms with Crippen LogP contribution in [0.2, 0.25) is 5.02 Å². The van der Waals surface area contributed by atoms with E-state index in [1.165, 1.54) is 37.4 Å². The van der Waals surface area contributed by atoms with Crippen molar-refractivity contribution in [3.63, 3.8) is 0 Å². The molecule has 0 saturated heterocycles. The Morgan fingerprint density at radius 2 is 1.92 bits per heavy atom. The highest BCUT2D eigenvalue weighted by atomic mass is 35.5. The monoisotopic (exact) mass is 383 g/mol. The summed E-state index contributed by atoms with van der Waals surface area (Å²) in [5.74, 6) is 0.503. The Morgan fingerprint density at radius 1 is 1.20 bits per heavy atom. The van der Waals surface area contributed by atoms with Crippen LogP contribution in [0.1, 0.15) is 48.9 Å². The van der Waals surface area contributed by atoms with Gasteiger partial charge >= 0.3 is 0 Å². The minimum atomic E-state index is -3.73. The number of aromatic nitrogens is 2. The summed E-state index contributed by atoms with van der Waals surface area (Å²) in [6, 6.07) is 5.56. The van der Waals surface area contributed by atoms with Gasteiger partial charge in [0.15, 0.2) is 0 Å². The van der Waals surface area contributed by atoms with E-state index in [1.807, 2.05) is 4.68 Å². The lowest BCUT2D eigenvalue weighted by molar-refractivity contribution is 0.548. The van der Waals surface area contributed by atoms with Crippen LogP contribution in [0.3, 0.4) is 0 Å². The molecular weight excluding hydrogens is 365 g/mol. The van der Waals surface area contributed by atoms with Crippen LogP contribution in [0, 0.1) is 5.82 Å². The molecule has 0 radical (unpaired) electrons. The van der Waals surface area contributed by atoms with Crippen molar-refractivity contribution in [2.75, 3.05) is 6.54 Å². The number of halogens is 2. The molecule has 0 unspecified atom stereocenters. The lowest BCUT2D eigenvalue weighted by Gasteiger charge is -2.09. The molecule has 1 N–H and O–H groups in total. The fourth-order valence-corrected chi connectivity index (χ4v) is 4.22. The van der Waals surface area contributed by atoms with E-state index in [1.54, 1.807) is 0 Å². The average Bonchev–Trinajstić information content (AvgIpc) is 3.48. The third-order valence-corrected chi connectivity index (χ3v) is 6.39. The lowest BCUT2D eigenvalue weighted by atomic mass is 10.2. The second kappa shape index (κ2) is 6.37. The Hall–Kier alpha value is -1.44. The minimum absolute atomic E-state index is 0.0412. The SMILES string of the molecule is O=S(=O)(NCCn1nc(C2CC2)cc1C1CC1)c1ccc(F)c(Cl)c1. The summed E-state index contributed by atoms with van der Waals surface area (Å²) in [6.07, 6.45) is 4.74. The third kappa shape index (κ3) is 3.73. The van der Waals surface area contributed by atoms with Gasteiger partial charge in [-0.2, -0.15) is 5.10 Å². The fourth-order valence-electron chi connectivity index (χ4n) is 2.93. The summed E-state index contributed by atoms with van der Waals surface area (Å²) in [4.78, 5) is -0.0412. The highest BCUT2D eigenvalue weighted by molar-refractivity contribution is 7.89. The third-order valence-electron chi connectivity index (χ3n) is 4.64. The lowest BCUT2D eigenvalue weighted by Crippen LogP contribution is -2.28. The maximum Gasteiger partial charge on any atom is 0.240 e. The van der Waals surface area contributed by atoms with Crippen LogP contribution in [-0.2, 0) is 16.6 Å². The van der Waals surface area contributed by atoms with E-state index in [2.05, 4.69) is 15.9 Å². The summed E-state index contributed by atoms with van der Waals surface area (Å²) >= 11 is 5.67. The van der Waals surface area contributed by atoms with Gasteiger partial charge in [0.25, 0.3) is 0 Å². The zero-order valence-electron chi connectivity index (χ0n) is 13.6. The zero-order chi connectivity index (χ0) is 17.6. The van der Waals surface area contributed by atoms with Crippen molar-refractivity contribution in [2.24, 2.45) is 0 Å². The molecule has 0 aliphatic heterocycles. The van der Waals surface area contributed by atoms with Gasteiger partial charge in [-0.05, 0) is 49.9 Å². The predicted octanol–water partition coefficient (Wildman–Crippen LogP) is 3.41. The molecule has 1 aromatic carbocycles. The molecule has 8 heteroatoms. The molecule has 0 spiro atoms. The predicted molar refractivity (Wildman–Crippen MR) is 92.8 cm³/mol. The Labute approximate surface area is 151 Å². The summed E-state index contributed by atoms with van der Waals surface area (Å²) < 4.78 is 42.3. The minimum Gasteiger partial charge on any atom is -0.268 e. The molecule has 0 amide bonds. The maximum absolute atomic E-state index is 13.2. The molecule has 2 aromatic rings. The van der Waals surface area contributed by atoms with Crippen LogP contribution < -0.4 is 4.72 Å². The first-order valence-corrected chi connectivity index (χ1v) is 10.3. The van der Waals surface area contributed by atoms with Gasteiger partial charge in [-0.15, -0.1) is 0 Å². The number of sulfonamides is 1. The van der Waals surface area contributed by atoms with Crippen LogP contribution >= 0.6 is 11.6 Å². The van der Waals surface area contributed by atoms with Crippen molar-refractivity contribution in [3.05, 3.63) is 46.5 Å². The summed E-state index contributed by atoms with van der Waals surface area (Å²) in [5, 5.41) is 4.45. The number of rotatable bonds is 7. The highest BCUT2D eigenvalue weighted by Crippen LogP contribution is 2.44. The van der Waals surface area contributed by atoms with Gasteiger partial charge < -0.3 is 0 Å². The molecule has 134 valence electrons. The summed E-state index contributed by atoms with van der Waals surface area (Å²) in [7, 11) is -3.73. The molecular formula is C17H19ClFN3O2S. The van der Waals surface area contributed by atoms with E-state index in [0.717, 1.165) is 17.8 Å². The van der Waals surface area contributed by atoms with Gasteiger partial charge in [-0.1, -0.05) is 11.6 Å². The molecule has 2 aliphatic rings. The van der Waals surface area contributed by atoms with Crippen LogP contribution in [0.5, 0.6) is 0 Å². The van der Waals surface area contributed by atoms with Crippen molar-refractivity contribution < 1.29 is 12.8 Å². The van der Waals surface area contributed by atoms with E-state index in [9.17, 15) is 12.8 Å². The summed E-state index contributed by atoms with van der Waals surface area (Å²) in [5.41, 5.74) is 2.35. The Bertz CT molecular complexity index is 905. The number of hydrogen-bond acceptors (Lipinski definition) is 3. The van der Waals surface area contributed by atoms with Crippen molar-refractivity contribution in [1.82, 2.24) is 14.5 Å². The maximum atomic E-state index is 13.2. The quantitative estimate of drug-likeness (QED) is 0.796. The number of benzene rings is 1. The molecule has 4 rings (SSSR count). The second-order valence-corrected chi connectivity index (χ2v) is 8.91. The van der Waals surface area contributed by atoms with E-state index < -0.39 is 15.8 Å². The molecule has 2 aliphatic carbocycles. The summed E-state index contributed by atoms with van der Waals surface area (Å²) in [6.45, 7) is 0.704. The molecule has 0 bridgehead atoms. The van der Waals surface area contributed by atoms with Crippen LogP contribution in [0.25, 0.3) is 0 Å². The van der Waals surface area contributed by atoms with Crippen molar-refractivity contribution >= 4 is 21.6 Å².